The molecule has 0 aliphatic rings. The van der Waals surface area contributed by atoms with E-state index in [1.165, 1.54) is 0 Å². The van der Waals surface area contributed by atoms with Crippen LogP contribution in [-0.2, 0) is 4.79 Å². The van der Waals surface area contributed by atoms with Gasteiger partial charge in [-0.3, -0.25) is 4.79 Å². The predicted octanol–water partition coefficient (Wildman–Crippen LogP) is 2.19. The molecule has 0 bridgehead atoms. The monoisotopic (exact) mass is 229 g/mol. The molecule has 0 aromatic rings. The van der Waals surface area contributed by atoms with Crippen LogP contribution in [0, 0.1) is 17.3 Å². The molecular weight excluding hydrogens is 202 g/mol. The molecule has 0 heterocycles. The normalized spacial score (nSPS) is 18.6. The number of carbonyl (C=O) groups excluding carboxylic acids is 1. The zero-order valence-electron chi connectivity index (χ0n) is 11.3. The number of aliphatic hydroxyl groups is 1. The van der Waals surface area contributed by atoms with E-state index in [4.69, 9.17) is 5.11 Å². The number of carbonyl (C=O) groups is 1. The molecule has 0 aliphatic heterocycles. The Balaban J connectivity index is 4.84. The molecule has 2 N–H and O–H groups in total. The van der Waals surface area contributed by atoms with Gasteiger partial charge in [0.05, 0.1) is 12.0 Å². The summed E-state index contributed by atoms with van der Waals surface area (Å²) in [4.78, 5) is 12.2. The molecule has 3 nitrogen and oxygen atoms in total. The lowest BCUT2D eigenvalue weighted by Gasteiger charge is -2.39. The first-order valence-corrected chi connectivity index (χ1v) is 6.34. The van der Waals surface area contributed by atoms with Crippen molar-refractivity contribution in [1.29, 1.82) is 0 Å². The molecule has 16 heavy (non-hydrogen) atoms. The van der Waals surface area contributed by atoms with Crippen molar-refractivity contribution in [3.05, 3.63) is 0 Å². The molecule has 0 saturated carbocycles. The Labute approximate surface area is 99.6 Å². The zero-order chi connectivity index (χ0) is 12.8. The topological polar surface area (TPSA) is 49.3 Å². The molecule has 0 rings (SSSR count). The number of hydrogen-bond acceptors (Lipinski definition) is 2. The number of amides is 1. The molecule has 0 saturated heterocycles. The molecule has 0 aliphatic carbocycles. The van der Waals surface area contributed by atoms with Gasteiger partial charge in [0.1, 0.15) is 0 Å². The van der Waals surface area contributed by atoms with E-state index >= 15 is 0 Å². The van der Waals surface area contributed by atoms with Crippen LogP contribution in [0.1, 0.15) is 47.5 Å². The van der Waals surface area contributed by atoms with Crippen LogP contribution in [0.3, 0.4) is 0 Å². The summed E-state index contributed by atoms with van der Waals surface area (Å²) in [6.07, 6.45) is 1.99. The van der Waals surface area contributed by atoms with Crippen LogP contribution >= 0.6 is 0 Å². The molecule has 3 heteroatoms. The quantitative estimate of drug-likeness (QED) is 0.703. The van der Waals surface area contributed by atoms with Crippen molar-refractivity contribution in [2.45, 2.75) is 47.5 Å². The summed E-state index contributed by atoms with van der Waals surface area (Å²) >= 11 is 0. The van der Waals surface area contributed by atoms with Crippen LogP contribution in [0.25, 0.3) is 0 Å². The van der Waals surface area contributed by atoms with Crippen LogP contribution in [0.4, 0.5) is 0 Å². The van der Waals surface area contributed by atoms with Gasteiger partial charge in [-0.2, -0.15) is 0 Å². The van der Waals surface area contributed by atoms with E-state index in [0.717, 1.165) is 12.8 Å². The van der Waals surface area contributed by atoms with Gasteiger partial charge in [0.15, 0.2) is 0 Å². The predicted molar refractivity (Wildman–Crippen MR) is 67.1 cm³/mol. The summed E-state index contributed by atoms with van der Waals surface area (Å²) in [7, 11) is 0. The Kier molecular flexibility index (Phi) is 6.65. The van der Waals surface area contributed by atoms with Crippen molar-refractivity contribution >= 4 is 5.91 Å². The standard InChI is InChI=1S/C13H27NO2/c1-6-10(3)13(5,11(4)7-2)12(16)14-8-9-15/h10-11,15H,6-9H2,1-5H3,(H,14,16). The Morgan fingerprint density at radius 2 is 1.69 bits per heavy atom. The highest BCUT2D eigenvalue weighted by Crippen LogP contribution is 2.39. The average Bonchev–Trinajstić information content (AvgIpc) is 2.32. The van der Waals surface area contributed by atoms with Gasteiger partial charge in [0.2, 0.25) is 5.91 Å². The second-order valence-electron chi connectivity index (χ2n) is 4.88. The van der Waals surface area contributed by atoms with Crippen LogP contribution < -0.4 is 5.32 Å². The maximum Gasteiger partial charge on any atom is 0.226 e. The van der Waals surface area contributed by atoms with E-state index in [0.29, 0.717) is 18.4 Å². The Bertz CT molecular complexity index is 206. The van der Waals surface area contributed by atoms with Gasteiger partial charge in [0.25, 0.3) is 0 Å². The SMILES string of the molecule is CCC(C)C(C)(C(=O)NCCO)C(C)CC. The first kappa shape index (κ1) is 15.4. The highest BCUT2D eigenvalue weighted by Gasteiger charge is 2.41. The molecule has 0 radical (unpaired) electrons. The van der Waals surface area contributed by atoms with Crippen molar-refractivity contribution in [2.75, 3.05) is 13.2 Å². The highest BCUT2D eigenvalue weighted by molar-refractivity contribution is 5.82. The number of rotatable bonds is 7. The first-order chi connectivity index (χ1) is 7.44. The van der Waals surface area contributed by atoms with Crippen LogP contribution in [0.5, 0.6) is 0 Å². The van der Waals surface area contributed by atoms with Crippen molar-refractivity contribution in [3.63, 3.8) is 0 Å². The molecular formula is C13H27NO2. The molecule has 1 amide bonds. The number of aliphatic hydroxyl groups excluding tert-OH is 1. The third kappa shape index (κ3) is 3.21. The summed E-state index contributed by atoms with van der Waals surface area (Å²) in [6.45, 7) is 10.9. The third-order valence-corrected chi connectivity index (χ3v) is 4.16. The van der Waals surface area contributed by atoms with Crippen molar-refractivity contribution in [3.8, 4) is 0 Å². The van der Waals surface area contributed by atoms with E-state index in [2.05, 4.69) is 33.0 Å². The van der Waals surface area contributed by atoms with E-state index in [1.807, 2.05) is 6.92 Å². The Morgan fingerprint density at radius 1 is 1.25 bits per heavy atom. The summed E-state index contributed by atoms with van der Waals surface area (Å²) in [5.74, 6) is 0.771. The van der Waals surface area contributed by atoms with Gasteiger partial charge < -0.3 is 10.4 Å². The summed E-state index contributed by atoms with van der Waals surface area (Å²) in [6, 6.07) is 0. The molecule has 0 fully saturated rings. The summed E-state index contributed by atoms with van der Waals surface area (Å²) < 4.78 is 0. The second-order valence-corrected chi connectivity index (χ2v) is 4.88. The smallest absolute Gasteiger partial charge is 0.226 e. The molecule has 2 unspecified atom stereocenters. The van der Waals surface area contributed by atoms with Gasteiger partial charge in [-0.15, -0.1) is 0 Å². The van der Waals surface area contributed by atoms with Gasteiger partial charge in [-0.1, -0.05) is 47.5 Å². The summed E-state index contributed by atoms with van der Waals surface area (Å²) in [5.41, 5.74) is -0.335. The van der Waals surface area contributed by atoms with E-state index in [1.54, 1.807) is 0 Å². The van der Waals surface area contributed by atoms with Crippen molar-refractivity contribution in [2.24, 2.45) is 17.3 Å². The van der Waals surface area contributed by atoms with Gasteiger partial charge in [-0.05, 0) is 11.8 Å². The van der Waals surface area contributed by atoms with Crippen molar-refractivity contribution in [1.82, 2.24) is 5.32 Å². The minimum Gasteiger partial charge on any atom is -0.395 e. The fraction of sp³-hybridized carbons (Fsp3) is 0.923. The van der Waals surface area contributed by atoms with Gasteiger partial charge in [0, 0.05) is 6.54 Å². The molecule has 0 aromatic carbocycles. The van der Waals surface area contributed by atoms with Gasteiger partial charge in [-0.25, -0.2) is 0 Å². The van der Waals surface area contributed by atoms with E-state index in [-0.39, 0.29) is 17.9 Å². The number of nitrogens with one attached hydrogen (secondary N) is 1. The second kappa shape index (κ2) is 6.89. The minimum atomic E-state index is -0.335. The zero-order valence-corrected chi connectivity index (χ0v) is 11.3. The Morgan fingerprint density at radius 3 is 2.00 bits per heavy atom. The molecule has 0 spiro atoms. The molecule has 96 valence electrons. The Hall–Kier alpha value is -0.570. The van der Waals surface area contributed by atoms with Crippen LogP contribution in [-0.4, -0.2) is 24.2 Å². The lowest BCUT2D eigenvalue weighted by molar-refractivity contribution is -0.136. The lowest BCUT2D eigenvalue weighted by Crippen LogP contribution is -2.47. The average molecular weight is 229 g/mol. The third-order valence-electron chi connectivity index (χ3n) is 4.16. The maximum absolute atomic E-state index is 12.2. The van der Waals surface area contributed by atoms with Gasteiger partial charge >= 0.3 is 0 Å². The lowest BCUT2D eigenvalue weighted by atomic mass is 9.66. The highest BCUT2D eigenvalue weighted by atomic mass is 16.3. The summed E-state index contributed by atoms with van der Waals surface area (Å²) in [5, 5.41) is 11.6. The molecule has 2 atom stereocenters. The maximum atomic E-state index is 12.2. The van der Waals surface area contributed by atoms with E-state index < -0.39 is 0 Å². The fourth-order valence-electron chi connectivity index (χ4n) is 2.14. The largest absolute Gasteiger partial charge is 0.395 e. The van der Waals surface area contributed by atoms with Crippen molar-refractivity contribution < 1.29 is 9.90 Å². The molecule has 0 aromatic heterocycles. The van der Waals surface area contributed by atoms with E-state index in [9.17, 15) is 4.79 Å². The minimum absolute atomic E-state index is 0.00281. The number of hydrogen-bond donors (Lipinski definition) is 2. The first-order valence-electron chi connectivity index (χ1n) is 6.34. The van der Waals surface area contributed by atoms with Crippen LogP contribution in [0.2, 0.25) is 0 Å². The van der Waals surface area contributed by atoms with Crippen LogP contribution in [0.15, 0.2) is 0 Å². The fourth-order valence-corrected chi connectivity index (χ4v) is 2.14.